The van der Waals surface area contributed by atoms with Gasteiger partial charge in [-0.2, -0.15) is 0 Å². The first-order valence-electron chi connectivity index (χ1n) is 6.42. The number of rotatable bonds is 4. The molecule has 2 N–H and O–H groups in total. The number of carboxylic acid groups (broad SMARTS) is 1. The van der Waals surface area contributed by atoms with Crippen LogP contribution in [0.5, 0.6) is 0 Å². The Morgan fingerprint density at radius 1 is 1.50 bits per heavy atom. The third-order valence-corrected chi connectivity index (χ3v) is 3.39. The van der Waals surface area contributed by atoms with E-state index in [1.807, 2.05) is 13.0 Å². The van der Waals surface area contributed by atoms with Crippen LogP contribution in [0.3, 0.4) is 0 Å². The van der Waals surface area contributed by atoms with Gasteiger partial charge in [0, 0.05) is 17.8 Å². The van der Waals surface area contributed by atoms with Crippen molar-refractivity contribution < 1.29 is 9.90 Å². The lowest BCUT2D eigenvalue weighted by molar-refractivity contribution is -0.141. The molecule has 5 heteroatoms. The Kier molecular flexibility index (Phi) is 3.79. The predicted octanol–water partition coefficient (Wildman–Crippen LogP) is 2.01. The molecule has 1 saturated carbocycles. The van der Waals surface area contributed by atoms with Gasteiger partial charge in [0.05, 0.1) is 5.92 Å². The van der Waals surface area contributed by atoms with Gasteiger partial charge in [0.15, 0.2) is 0 Å². The van der Waals surface area contributed by atoms with E-state index in [0.717, 1.165) is 36.6 Å². The standard InChI is InChI=1S/C13H19N3O2/c1-3-10-7-12(15-8(2)14-10)16-11-5-4-9(6-11)13(17)18/h7,9,11H,3-6H2,1-2H3,(H,17,18)(H,14,15,16). The van der Waals surface area contributed by atoms with Crippen LogP contribution in [0.4, 0.5) is 5.82 Å². The monoisotopic (exact) mass is 249 g/mol. The van der Waals surface area contributed by atoms with Crippen molar-refractivity contribution in [2.75, 3.05) is 5.32 Å². The first-order valence-corrected chi connectivity index (χ1v) is 6.42. The number of hydrogen-bond acceptors (Lipinski definition) is 4. The van der Waals surface area contributed by atoms with Crippen molar-refractivity contribution in [3.05, 3.63) is 17.6 Å². The van der Waals surface area contributed by atoms with Gasteiger partial charge in [-0.1, -0.05) is 6.92 Å². The zero-order chi connectivity index (χ0) is 13.1. The summed E-state index contributed by atoms with van der Waals surface area (Å²) >= 11 is 0. The summed E-state index contributed by atoms with van der Waals surface area (Å²) in [7, 11) is 0. The molecule has 98 valence electrons. The predicted molar refractivity (Wildman–Crippen MR) is 68.5 cm³/mol. The van der Waals surface area contributed by atoms with Gasteiger partial charge in [-0.3, -0.25) is 4.79 Å². The lowest BCUT2D eigenvalue weighted by Gasteiger charge is -2.14. The molecule has 0 amide bonds. The summed E-state index contributed by atoms with van der Waals surface area (Å²) in [5.74, 6) is 0.670. The van der Waals surface area contributed by atoms with Gasteiger partial charge in [0.2, 0.25) is 0 Å². The van der Waals surface area contributed by atoms with E-state index >= 15 is 0 Å². The van der Waals surface area contributed by atoms with Gasteiger partial charge >= 0.3 is 5.97 Å². The molecule has 2 unspecified atom stereocenters. The molecule has 1 aliphatic rings. The number of aryl methyl sites for hydroxylation is 2. The van der Waals surface area contributed by atoms with Crippen molar-refractivity contribution in [1.29, 1.82) is 0 Å². The molecule has 1 aliphatic carbocycles. The van der Waals surface area contributed by atoms with E-state index in [2.05, 4.69) is 22.2 Å². The minimum atomic E-state index is -0.688. The Labute approximate surface area is 107 Å². The molecular formula is C13H19N3O2. The largest absolute Gasteiger partial charge is 0.481 e. The van der Waals surface area contributed by atoms with Crippen molar-refractivity contribution in [1.82, 2.24) is 9.97 Å². The molecule has 18 heavy (non-hydrogen) atoms. The lowest BCUT2D eigenvalue weighted by atomic mass is 10.1. The van der Waals surface area contributed by atoms with Gasteiger partial charge in [-0.05, 0) is 32.6 Å². The molecule has 5 nitrogen and oxygen atoms in total. The van der Waals surface area contributed by atoms with E-state index in [-0.39, 0.29) is 12.0 Å². The Bertz CT molecular complexity index is 448. The molecule has 2 rings (SSSR count). The average molecular weight is 249 g/mol. The van der Waals surface area contributed by atoms with Gasteiger partial charge in [-0.15, -0.1) is 0 Å². The summed E-state index contributed by atoms with van der Waals surface area (Å²) < 4.78 is 0. The summed E-state index contributed by atoms with van der Waals surface area (Å²) in [5, 5.41) is 12.3. The third-order valence-electron chi connectivity index (χ3n) is 3.39. The Morgan fingerprint density at radius 3 is 2.89 bits per heavy atom. The van der Waals surface area contributed by atoms with Crippen molar-refractivity contribution >= 4 is 11.8 Å². The van der Waals surface area contributed by atoms with Crippen molar-refractivity contribution in [3.63, 3.8) is 0 Å². The second kappa shape index (κ2) is 5.33. The molecule has 1 heterocycles. The highest BCUT2D eigenvalue weighted by Gasteiger charge is 2.29. The maximum atomic E-state index is 10.9. The van der Waals surface area contributed by atoms with E-state index in [0.29, 0.717) is 6.42 Å². The second-order valence-corrected chi connectivity index (χ2v) is 4.83. The molecule has 0 spiro atoms. The molecule has 1 aromatic rings. The van der Waals surface area contributed by atoms with Crippen molar-refractivity contribution in [2.45, 2.75) is 45.6 Å². The fourth-order valence-corrected chi connectivity index (χ4v) is 2.43. The zero-order valence-electron chi connectivity index (χ0n) is 10.8. The van der Waals surface area contributed by atoms with Crippen molar-refractivity contribution in [2.24, 2.45) is 5.92 Å². The number of carboxylic acids is 1. The molecule has 0 bridgehead atoms. The molecule has 0 aliphatic heterocycles. The molecule has 0 saturated heterocycles. The number of carbonyl (C=O) groups is 1. The molecule has 0 aromatic carbocycles. The first kappa shape index (κ1) is 12.8. The van der Waals surface area contributed by atoms with Crippen molar-refractivity contribution in [3.8, 4) is 0 Å². The minimum Gasteiger partial charge on any atom is -0.481 e. The highest BCUT2D eigenvalue weighted by molar-refractivity contribution is 5.70. The zero-order valence-corrected chi connectivity index (χ0v) is 10.8. The summed E-state index contributed by atoms with van der Waals surface area (Å²) in [6.45, 7) is 3.93. The van der Waals surface area contributed by atoms with Gasteiger partial charge < -0.3 is 10.4 Å². The van der Waals surface area contributed by atoms with E-state index in [1.165, 1.54) is 0 Å². The molecule has 2 atom stereocenters. The Hall–Kier alpha value is -1.65. The molecule has 1 aromatic heterocycles. The third kappa shape index (κ3) is 2.97. The number of nitrogens with one attached hydrogen (secondary N) is 1. The van der Waals surface area contributed by atoms with Crippen LogP contribution >= 0.6 is 0 Å². The van der Waals surface area contributed by atoms with Crippen LogP contribution in [-0.2, 0) is 11.2 Å². The topological polar surface area (TPSA) is 75.1 Å². The smallest absolute Gasteiger partial charge is 0.306 e. The fraction of sp³-hybridized carbons (Fsp3) is 0.615. The number of aliphatic carboxylic acids is 1. The van der Waals surface area contributed by atoms with Gasteiger partial charge in [-0.25, -0.2) is 9.97 Å². The SMILES string of the molecule is CCc1cc(NC2CCC(C(=O)O)C2)nc(C)n1. The molecular weight excluding hydrogens is 230 g/mol. The van der Waals surface area contributed by atoms with E-state index in [1.54, 1.807) is 0 Å². The molecule has 0 radical (unpaired) electrons. The quantitative estimate of drug-likeness (QED) is 0.853. The average Bonchev–Trinajstić information content (AvgIpc) is 2.76. The van der Waals surface area contributed by atoms with E-state index < -0.39 is 5.97 Å². The highest BCUT2D eigenvalue weighted by atomic mass is 16.4. The summed E-state index contributed by atoms with van der Waals surface area (Å²) in [5.41, 5.74) is 1.01. The van der Waals surface area contributed by atoms with Crippen LogP contribution in [0, 0.1) is 12.8 Å². The summed E-state index contributed by atoms with van der Waals surface area (Å²) in [4.78, 5) is 19.6. The summed E-state index contributed by atoms with van der Waals surface area (Å²) in [6.07, 6.45) is 3.19. The summed E-state index contributed by atoms with van der Waals surface area (Å²) in [6, 6.07) is 2.16. The van der Waals surface area contributed by atoms with Gasteiger partial charge in [0.1, 0.15) is 11.6 Å². The van der Waals surface area contributed by atoms with Crippen LogP contribution in [0.15, 0.2) is 6.07 Å². The van der Waals surface area contributed by atoms with Crippen LogP contribution in [0.2, 0.25) is 0 Å². The number of nitrogens with zero attached hydrogens (tertiary/aromatic N) is 2. The highest BCUT2D eigenvalue weighted by Crippen LogP contribution is 2.27. The molecule has 1 fully saturated rings. The lowest BCUT2D eigenvalue weighted by Crippen LogP contribution is -2.19. The maximum Gasteiger partial charge on any atom is 0.306 e. The minimum absolute atomic E-state index is 0.212. The van der Waals surface area contributed by atoms with E-state index in [9.17, 15) is 4.79 Å². The number of aromatic nitrogens is 2. The first-order chi connectivity index (χ1) is 8.58. The number of anilines is 1. The fourth-order valence-electron chi connectivity index (χ4n) is 2.43. The normalized spacial score (nSPS) is 23.0. The van der Waals surface area contributed by atoms with Crippen LogP contribution < -0.4 is 5.32 Å². The van der Waals surface area contributed by atoms with Crippen LogP contribution in [0.25, 0.3) is 0 Å². The number of hydrogen-bond donors (Lipinski definition) is 2. The Morgan fingerprint density at radius 2 is 2.28 bits per heavy atom. The van der Waals surface area contributed by atoms with Crippen LogP contribution in [-0.4, -0.2) is 27.1 Å². The van der Waals surface area contributed by atoms with E-state index in [4.69, 9.17) is 5.11 Å². The Balaban J connectivity index is 2.02. The second-order valence-electron chi connectivity index (χ2n) is 4.83. The van der Waals surface area contributed by atoms with Crippen LogP contribution in [0.1, 0.15) is 37.7 Å². The maximum absolute atomic E-state index is 10.9. The van der Waals surface area contributed by atoms with Gasteiger partial charge in [0.25, 0.3) is 0 Å².